The van der Waals surface area contributed by atoms with Crippen LogP contribution in [0.1, 0.15) is 27.2 Å². The number of rotatable bonds is 3. The first-order valence-electron chi connectivity index (χ1n) is 5.59. The van der Waals surface area contributed by atoms with Gasteiger partial charge >= 0.3 is 0 Å². The molecule has 1 heterocycles. The van der Waals surface area contributed by atoms with E-state index in [4.69, 9.17) is 0 Å². The van der Waals surface area contributed by atoms with Crippen LogP contribution in [0.3, 0.4) is 0 Å². The van der Waals surface area contributed by atoms with Gasteiger partial charge in [0, 0.05) is 43.1 Å². The Bertz CT molecular complexity index is 207. The SMILES string of the molecule is CC(C)(C)NCCC(=O)N1CCSCC1. The topological polar surface area (TPSA) is 32.3 Å². The third-order valence-electron chi connectivity index (χ3n) is 2.36. The Hall–Kier alpha value is -0.220. The second-order valence-electron chi connectivity index (χ2n) is 4.92. The molecule has 0 aromatic carbocycles. The van der Waals surface area contributed by atoms with Crippen LogP contribution in [0.5, 0.6) is 0 Å². The molecule has 88 valence electrons. The number of hydrogen-bond acceptors (Lipinski definition) is 3. The van der Waals surface area contributed by atoms with Crippen LogP contribution in [0.2, 0.25) is 0 Å². The van der Waals surface area contributed by atoms with E-state index in [1.807, 2.05) is 16.7 Å². The third-order valence-corrected chi connectivity index (χ3v) is 3.30. The lowest BCUT2D eigenvalue weighted by Gasteiger charge is -2.27. The van der Waals surface area contributed by atoms with E-state index < -0.39 is 0 Å². The molecule has 4 heteroatoms. The Morgan fingerprint density at radius 2 is 1.93 bits per heavy atom. The van der Waals surface area contributed by atoms with E-state index in [1.54, 1.807) is 0 Å². The molecule has 0 atom stereocenters. The number of amides is 1. The van der Waals surface area contributed by atoms with E-state index in [9.17, 15) is 4.79 Å². The monoisotopic (exact) mass is 230 g/mol. The normalized spacial score (nSPS) is 17.9. The fourth-order valence-corrected chi connectivity index (χ4v) is 2.42. The molecule has 1 saturated heterocycles. The van der Waals surface area contributed by atoms with Gasteiger partial charge in [-0.05, 0) is 20.8 Å². The molecular formula is C11H22N2OS. The highest BCUT2D eigenvalue weighted by Crippen LogP contribution is 2.10. The minimum atomic E-state index is 0.109. The Balaban J connectivity index is 2.17. The molecule has 0 saturated carbocycles. The number of nitrogens with zero attached hydrogens (tertiary/aromatic N) is 1. The Morgan fingerprint density at radius 3 is 2.47 bits per heavy atom. The van der Waals surface area contributed by atoms with Crippen LogP contribution in [0.4, 0.5) is 0 Å². The average molecular weight is 230 g/mol. The van der Waals surface area contributed by atoms with E-state index >= 15 is 0 Å². The number of carbonyl (C=O) groups excluding carboxylic acids is 1. The summed E-state index contributed by atoms with van der Waals surface area (Å²) >= 11 is 1.93. The van der Waals surface area contributed by atoms with E-state index in [0.29, 0.717) is 12.3 Å². The van der Waals surface area contributed by atoms with Crippen LogP contribution in [0, 0.1) is 0 Å². The van der Waals surface area contributed by atoms with Crippen molar-refractivity contribution in [1.82, 2.24) is 10.2 Å². The maximum absolute atomic E-state index is 11.8. The largest absolute Gasteiger partial charge is 0.341 e. The summed E-state index contributed by atoms with van der Waals surface area (Å²) in [6.07, 6.45) is 0.627. The molecule has 3 nitrogen and oxygen atoms in total. The second kappa shape index (κ2) is 5.75. The van der Waals surface area contributed by atoms with Gasteiger partial charge in [0.05, 0.1) is 0 Å². The summed E-state index contributed by atoms with van der Waals surface area (Å²) in [6.45, 7) is 9.00. The van der Waals surface area contributed by atoms with Gasteiger partial charge in [-0.25, -0.2) is 0 Å². The summed E-state index contributed by atoms with van der Waals surface area (Å²) in [5.41, 5.74) is 0.109. The summed E-state index contributed by atoms with van der Waals surface area (Å²) in [5.74, 6) is 2.49. The lowest BCUT2D eigenvalue weighted by atomic mass is 10.1. The molecule has 1 fully saturated rings. The van der Waals surface area contributed by atoms with Crippen molar-refractivity contribution in [2.45, 2.75) is 32.7 Å². The van der Waals surface area contributed by atoms with Crippen molar-refractivity contribution in [3.05, 3.63) is 0 Å². The van der Waals surface area contributed by atoms with Crippen LogP contribution in [-0.2, 0) is 4.79 Å². The molecule has 1 aliphatic heterocycles. The quantitative estimate of drug-likeness (QED) is 0.794. The molecular weight excluding hydrogens is 208 g/mol. The first kappa shape index (κ1) is 12.8. The number of thioether (sulfide) groups is 1. The van der Waals surface area contributed by atoms with E-state index in [-0.39, 0.29) is 5.54 Å². The van der Waals surface area contributed by atoms with Gasteiger partial charge in [0.1, 0.15) is 0 Å². The summed E-state index contributed by atoms with van der Waals surface area (Å²) in [7, 11) is 0. The fraction of sp³-hybridized carbons (Fsp3) is 0.909. The van der Waals surface area contributed by atoms with E-state index in [2.05, 4.69) is 26.1 Å². The van der Waals surface area contributed by atoms with Gasteiger partial charge in [0.15, 0.2) is 0 Å². The summed E-state index contributed by atoms with van der Waals surface area (Å²) in [5, 5.41) is 3.34. The molecule has 0 unspecified atom stereocenters. The molecule has 1 amide bonds. The van der Waals surface area contributed by atoms with Crippen molar-refractivity contribution in [3.63, 3.8) is 0 Å². The molecule has 15 heavy (non-hydrogen) atoms. The molecule has 0 radical (unpaired) electrons. The Kier molecular flexibility index (Phi) is 4.93. The van der Waals surface area contributed by atoms with E-state index in [0.717, 1.165) is 31.1 Å². The van der Waals surface area contributed by atoms with Gasteiger partial charge in [0.2, 0.25) is 5.91 Å². The molecule has 0 aromatic heterocycles. The molecule has 0 spiro atoms. The molecule has 0 aromatic rings. The van der Waals surface area contributed by atoms with Gasteiger partial charge in [-0.15, -0.1) is 0 Å². The summed E-state index contributed by atoms with van der Waals surface area (Å²) in [6, 6.07) is 0. The molecule has 0 bridgehead atoms. The highest BCUT2D eigenvalue weighted by molar-refractivity contribution is 7.99. The second-order valence-corrected chi connectivity index (χ2v) is 6.14. The highest BCUT2D eigenvalue weighted by atomic mass is 32.2. The minimum absolute atomic E-state index is 0.109. The number of hydrogen-bond donors (Lipinski definition) is 1. The Labute approximate surface area is 97.0 Å². The zero-order chi connectivity index (χ0) is 11.3. The van der Waals surface area contributed by atoms with Crippen molar-refractivity contribution < 1.29 is 4.79 Å². The van der Waals surface area contributed by atoms with Crippen LogP contribution >= 0.6 is 11.8 Å². The van der Waals surface area contributed by atoms with Crippen LogP contribution < -0.4 is 5.32 Å². The van der Waals surface area contributed by atoms with Crippen molar-refractivity contribution in [2.75, 3.05) is 31.1 Å². The van der Waals surface area contributed by atoms with Crippen LogP contribution in [0.25, 0.3) is 0 Å². The fourth-order valence-electron chi connectivity index (χ4n) is 1.52. The molecule has 0 aliphatic carbocycles. The lowest BCUT2D eigenvalue weighted by Crippen LogP contribution is -2.42. The smallest absolute Gasteiger partial charge is 0.223 e. The van der Waals surface area contributed by atoms with Crippen molar-refractivity contribution in [1.29, 1.82) is 0 Å². The van der Waals surface area contributed by atoms with Crippen LogP contribution in [-0.4, -0.2) is 47.5 Å². The van der Waals surface area contributed by atoms with Crippen molar-refractivity contribution in [2.24, 2.45) is 0 Å². The maximum Gasteiger partial charge on any atom is 0.223 e. The van der Waals surface area contributed by atoms with Gasteiger partial charge in [-0.2, -0.15) is 11.8 Å². The van der Waals surface area contributed by atoms with Gasteiger partial charge in [0.25, 0.3) is 0 Å². The molecule has 1 N–H and O–H groups in total. The molecule has 1 rings (SSSR count). The third kappa shape index (κ3) is 5.42. The Morgan fingerprint density at radius 1 is 1.33 bits per heavy atom. The minimum Gasteiger partial charge on any atom is -0.341 e. The first-order chi connectivity index (χ1) is 6.99. The predicted octanol–water partition coefficient (Wildman–Crippen LogP) is 1.34. The van der Waals surface area contributed by atoms with Gasteiger partial charge in [-0.3, -0.25) is 4.79 Å². The lowest BCUT2D eigenvalue weighted by molar-refractivity contribution is -0.130. The average Bonchev–Trinajstić information content (AvgIpc) is 2.17. The number of carbonyl (C=O) groups is 1. The maximum atomic E-state index is 11.8. The van der Waals surface area contributed by atoms with Crippen molar-refractivity contribution in [3.8, 4) is 0 Å². The first-order valence-corrected chi connectivity index (χ1v) is 6.75. The highest BCUT2D eigenvalue weighted by Gasteiger charge is 2.17. The summed E-state index contributed by atoms with van der Waals surface area (Å²) < 4.78 is 0. The number of nitrogens with one attached hydrogen (secondary N) is 1. The van der Waals surface area contributed by atoms with Gasteiger partial charge < -0.3 is 10.2 Å². The molecule has 1 aliphatic rings. The summed E-state index contributed by atoms with van der Waals surface area (Å²) in [4.78, 5) is 13.7. The standard InChI is InChI=1S/C11H22N2OS/c1-11(2,3)12-5-4-10(14)13-6-8-15-9-7-13/h12H,4-9H2,1-3H3. The van der Waals surface area contributed by atoms with Crippen molar-refractivity contribution >= 4 is 17.7 Å². The van der Waals surface area contributed by atoms with E-state index in [1.165, 1.54) is 0 Å². The van der Waals surface area contributed by atoms with Crippen LogP contribution in [0.15, 0.2) is 0 Å². The van der Waals surface area contributed by atoms with Gasteiger partial charge in [-0.1, -0.05) is 0 Å². The zero-order valence-corrected chi connectivity index (χ0v) is 10.8. The predicted molar refractivity (Wildman–Crippen MR) is 66.3 cm³/mol. The zero-order valence-electron chi connectivity index (χ0n) is 10.0.